The van der Waals surface area contributed by atoms with Crippen molar-refractivity contribution in [3.8, 4) is 0 Å². The molecule has 0 heterocycles. The Hall–Kier alpha value is -0.960. The van der Waals surface area contributed by atoms with Crippen LogP contribution in [0, 0.1) is 20.8 Å². The number of carbonyl (C=O) groups excluding carboxylic acids is 2. The summed E-state index contributed by atoms with van der Waals surface area (Å²) < 4.78 is 0. The van der Waals surface area contributed by atoms with Gasteiger partial charge < -0.3 is 0 Å². The van der Waals surface area contributed by atoms with Gasteiger partial charge in [-0.3, -0.25) is 9.59 Å². The summed E-state index contributed by atoms with van der Waals surface area (Å²) in [5.41, 5.74) is 3.62. The number of hydrogen-bond acceptors (Lipinski definition) is 2. The van der Waals surface area contributed by atoms with Crippen LogP contribution in [0.2, 0.25) is 0 Å². The number of alkyl halides is 1. The van der Waals surface area contributed by atoms with E-state index in [4.69, 9.17) is 0 Å². The van der Waals surface area contributed by atoms with Crippen LogP contribution in [-0.2, 0) is 4.79 Å². The third-order valence-electron chi connectivity index (χ3n) is 2.68. The number of carbonyl (C=O) groups is 2. The second-order valence-corrected chi connectivity index (χ2v) is 4.13. The van der Waals surface area contributed by atoms with Crippen LogP contribution >= 0.6 is 15.9 Å². The van der Waals surface area contributed by atoms with E-state index in [1.165, 1.54) is 0 Å². The van der Waals surface area contributed by atoms with Crippen molar-refractivity contribution in [1.29, 1.82) is 0 Å². The fourth-order valence-electron chi connectivity index (χ4n) is 1.41. The van der Waals surface area contributed by atoms with E-state index in [0.29, 0.717) is 5.56 Å². The lowest BCUT2D eigenvalue weighted by molar-refractivity contribution is -0.112. The molecular weight excluding hydrogens is 256 g/mol. The molecule has 0 bridgehead atoms. The van der Waals surface area contributed by atoms with E-state index in [0.717, 1.165) is 16.7 Å². The zero-order chi connectivity index (χ0) is 11.6. The van der Waals surface area contributed by atoms with Gasteiger partial charge in [0.25, 0.3) is 0 Å². The van der Waals surface area contributed by atoms with E-state index < -0.39 is 11.6 Å². The third kappa shape index (κ3) is 2.34. The first-order valence-corrected chi connectivity index (χ1v) is 5.81. The van der Waals surface area contributed by atoms with Gasteiger partial charge in [-0.2, -0.15) is 0 Å². The number of benzene rings is 1. The Labute approximate surface area is 97.8 Å². The minimum absolute atomic E-state index is 0.0815. The first-order valence-electron chi connectivity index (χ1n) is 4.69. The van der Waals surface area contributed by atoms with Crippen molar-refractivity contribution in [1.82, 2.24) is 0 Å². The molecule has 0 saturated heterocycles. The molecule has 0 atom stereocenters. The summed E-state index contributed by atoms with van der Waals surface area (Å²) in [7, 11) is 0. The van der Waals surface area contributed by atoms with E-state index >= 15 is 0 Å². The molecule has 0 unspecified atom stereocenters. The van der Waals surface area contributed by atoms with Gasteiger partial charge in [0, 0.05) is 5.56 Å². The second kappa shape index (κ2) is 4.71. The average Bonchev–Trinajstić information content (AvgIpc) is 2.24. The van der Waals surface area contributed by atoms with Crippen molar-refractivity contribution in [2.24, 2.45) is 0 Å². The summed E-state index contributed by atoms with van der Waals surface area (Å²) >= 11 is 3.00. The van der Waals surface area contributed by atoms with Crippen LogP contribution in [0.4, 0.5) is 0 Å². The summed E-state index contributed by atoms with van der Waals surface area (Å²) in [4.78, 5) is 22.9. The maximum atomic E-state index is 11.7. The van der Waals surface area contributed by atoms with E-state index in [1.54, 1.807) is 6.07 Å². The molecule has 0 aliphatic carbocycles. The van der Waals surface area contributed by atoms with Gasteiger partial charge >= 0.3 is 0 Å². The molecule has 0 aliphatic heterocycles. The Morgan fingerprint density at radius 2 is 1.73 bits per heavy atom. The fraction of sp³-hybridized carbons (Fsp3) is 0.333. The van der Waals surface area contributed by atoms with Crippen LogP contribution in [0.15, 0.2) is 12.1 Å². The zero-order valence-electron chi connectivity index (χ0n) is 9.06. The highest BCUT2D eigenvalue weighted by Gasteiger charge is 2.17. The van der Waals surface area contributed by atoms with Crippen molar-refractivity contribution in [2.75, 3.05) is 5.33 Å². The highest BCUT2D eigenvalue weighted by atomic mass is 79.9. The number of halogens is 1. The quantitative estimate of drug-likeness (QED) is 0.480. The predicted octanol–water partition coefficient (Wildman–Crippen LogP) is 2.76. The van der Waals surface area contributed by atoms with Gasteiger partial charge in [-0.05, 0) is 37.5 Å². The third-order valence-corrected chi connectivity index (χ3v) is 3.19. The van der Waals surface area contributed by atoms with E-state index in [9.17, 15) is 9.59 Å². The normalized spacial score (nSPS) is 10.1. The summed E-state index contributed by atoms with van der Waals surface area (Å²) in [6.07, 6.45) is 0. The zero-order valence-corrected chi connectivity index (χ0v) is 10.6. The number of Topliss-reactive ketones (excluding diaryl/α,β-unsaturated/α-hetero) is 2. The molecule has 0 fully saturated rings. The second-order valence-electron chi connectivity index (χ2n) is 3.57. The standard InChI is InChI=1S/C12H13BrO2/c1-7-4-5-10(9(3)8(7)2)12(15)11(14)6-13/h4-5H,6H2,1-3H3. The van der Waals surface area contributed by atoms with Crippen molar-refractivity contribution < 1.29 is 9.59 Å². The van der Waals surface area contributed by atoms with Crippen LogP contribution in [0.25, 0.3) is 0 Å². The molecule has 80 valence electrons. The topological polar surface area (TPSA) is 34.1 Å². The highest BCUT2D eigenvalue weighted by molar-refractivity contribution is 9.09. The van der Waals surface area contributed by atoms with Gasteiger partial charge in [-0.25, -0.2) is 0 Å². The first kappa shape index (κ1) is 12.1. The Morgan fingerprint density at radius 3 is 2.27 bits per heavy atom. The molecule has 1 aromatic carbocycles. The summed E-state index contributed by atoms with van der Waals surface area (Å²) in [5, 5.41) is 0.0815. The SMILES string of the molecule is Cc1ccc(C(=O)C(=O)CBr)c(C)c1C. The van der Waals surface area contributed by atoms with E-state index in [-0.39, 0.29) is 5.33 Å². The molecule has 0 amide bonds. The first-order chi connectivity index (χ1) is 6.99. The van der Waals surface area contributed by atoms with Crippen LogP contribution in [0.5, 0.6) is 0 Å². The van der Waals surface area contributed by atoms with Crippen molar-refractivity contribution in [2.45, 2.75) is 20.8 Å². The Kier molecular flexibility index (Phi) is 3.80. The minimum atomic E-state index is -0.410. The lowest BCUT2D eigenvalue weighted by Gasteiger charge is -2.08. The maximum absolute atomic E-state index is 11.7. The molecule has 0 N–H and O–H groups in total. The Balaban J connectivity index is 3.22. The number of aryl methyl sites for hydroxylation is 1. The molecule has 2 nitrogen and oxygen atoms in total. The largest absolute Gasteiger partial charge is 0.290 e. The van der Waals surface area contributed by atoms with Crippen molar-refractivity contribution in [3.63, 3.8) is 0 Å². The average molecular weight is 269 g/mol. The summed E-state index contributed by atoms with van der Waals surface area (Å²) in [5.74, 6) is -0.811. The minimum Gasteiger partial charge on any atom is -0.290 e. The van der Waals surface area contributed by atoms with Crippen molar-refractivity contribution in [3.05, 3.63) is 34.4 Å². The Morgan fingerprint density at radius 1 is 1.13 bits per heavy atom. The van der Waals surface area contributed by atoms with Crippen LogP contribution in [0.3, 0.4) is 0 Å². The lowest BCUT2D eigenvalue weighted by Crippen LogP contribution is -2.16. The molecular formula is C12H13BrO2. The predicted molar refractivity (Wildman–Crippen MR) is 63.8 cm³/mol. The summed E-state index contributed by atoms with van der Waals surface area (Å²) in [6, 6.07) is 3.59. The maximum Gasteiger partial charge on any atom is 0.229 e. The van der Waals surface area contributed by atoms with Gasteiger partial charge in [0.2, 0.25) is 11.6 Å². The molecule has 3 heteroatoms. The van der Waals surface area contributed by atoms with Gasteiger partial charge in [-0.1, -0.05) is 28.1 Å². The molecule has 0 aromatic heterocycles. The van der Waals surface area contributed by atoms with Crippen LogP contribution in [-0.4, -0.2) is 16.9 Å². The molecule has 0 spiro atoms. The van der Waals surface area contributed by atoms with Gasteiger partial charge in [0.1, 0.15) is 0 Å². The highest BCUT2D eigenvalue weighted by Crippen LogP contribution is 2.17. The number of ketones is 2. The van der Waals surface area contributed by atoms with Gasteiger partial charge in [0.05, 0.1) is 5.33 Å². The van der Waals surface area contributed by atoms with E-state index in [1.807, 2.05) is 26.8 Å². The van der Waals surface area contributed by atoms with Crippen LogP contribution < -0.4 is 0 Å². The molecule has 15 heavy (non-hydrogen) atoms. The number of rotatable bonds is 3. The molecule has 0 saturated carbocycles. The molecule has 1 rings (SSSR count). The lowest BCUT2D eigenvalue weighted by atomic mass is 9.95. The van der Waals surface area contributed by atoms with E-state index in [2.05, 4.69) is 15.9 Å². The Bertz CT molecular complexity index is 422. The number of hydrogen-bond donors (Lipinski definition) is 0. The van der Waals surface area contributed by atoms with Gasteiger partial charge in [0.15, 0.2) is 0 Å². The van der Waals surface area contributed by atoms with Gasteiger partial charge in [-0.15, -0.1) is 0 Å². The molecule has 0 radical (unpaired) electrons. The molecule has 0 aliphatic rings. The molecule has 1 aromatic rings. The summed E-state index contributed by atoms with van der Waals surface area (Å²) in [6.45, 7) is 5.82. The smallest absolute Gasteiger partial charge is 0.229 e. The fourth-order valence-corrected chi connectivity index (χ4v) is 1.67. The van der Waals surface area contributed by atoms with Crippen LogP contribution in [0.1, 0.15) is 27.0 Å². The van der Waals surface area contributed by atoms with Crippen molar-refractivity contribution >= 4 is 27.5 Å². The monoisotopic (exact) mass is 268 g/mol.